The van der Waals surface area contributed by atoms with Crippen LogP contribution in [0.15, 0.2) is 48.7 Å². The summed E-state index contributed by atoms with van der Waals surface area (Å²) in [6.45, 7) is 3.41. The summed E-state index contributed by atoms with van der Waals surface area (Å²) in [6.07, 6.45) is 1.74. The molecule has 0 unspecified atom stereocenters. The number of carbonyl (C=O) groups is 1. The average Bonchev–Trinajstić information content (AvgIpc) is 2.58. The zero-order chi connectivity index (χ0) is 15.6. The van der Waals surface area contributed by atoms with Gasteiger partial charge in [0, 0.05) is 19.3 Å². The molecule has 1 N–H and O–H groups in total. The Bertz CT molecular complexity index is 570. The Morgan fingerprint density at radius 2 is 2.00 bits per heavy atom. The van der Waals surface area contributed by atoms with Crippen LogP contribution in [0.2, 0.25) is 0 Å². The lowest BCUT2D eigenvalue weighted by Crippen LogP contribution is -2.27. The van der Waals surface area contributed by atoms with Crippen LogP contribution in [0.5, 0.6) is 5.75 Å². The van der Waals surface area contributed by atoms with Gasteiger partial charge in [-0.2, -0.15) is 0 Å². The van der Waals surface area contributed by atoms with Crippen LogP contribution in [0.3, 0.4) is 0 Å². The van der Waals surface area contributed by atoms with Gasteiger partial charge in [-0.25, -0.2) is 0 Å². The van der Waals surface area contributed by atoms with Gasteiger partial charge in [-0.1, -0.05) is 18.2 Å². The third-order valence-corrected chi connectivity index (χ3v) is 2.96. The normalized spacial score (nSPS) is 10.2. The lowest BCUT2D eigenvalue weighted by atomic mass is 10.2. The number of benzene rings is 1. The van der Waals surface area contributed by atoms with Crippen molar-refractivity contribution in [1.82, 2.24) is 10.3 Å². The summed E-state index contributed by atoms with van der Waals surface area (Å²) in [5.41, 5.74) is 1.89. The molecule has 22 heavy (non-hydrogen) atoms. The van der Waals surface area contributed by atoms with Crippen LogP contribution >= 0.6 is 0 Å². The maximum atomic E-state index is 11.4. The summed E-state index contributed by atoms with van der Waals surface area (Å²) in [7, 11) is 0. The molecule has 0 spiro atoms. The molecule has 0 aliphatic rings. The third-order valence-electron chi connectivity index (χ3n) is 2.96. The van der Waals surface area contributed by atoms with Crippen LogP contribution in [0, 0.1) is 0 Å². The van der Waals surface area contributed by atoms with E-state index in [0.29, 0.717) is 19.8 Å². The summed E-state index contributed by atoms with van der Waals surface area (Å²) in [4.78, 5) is 15.6. The van der Waals surface area contributed by atoms with E-state index in [2.05, 4.69) is 10.3 Å². The van der Waals surface area contributed by atoms with E-state index < -0.39 is 0 Å². The lowest BCUT2D eigenvalue weighted by molar-refractivity contribution is -0.125. The highest BCUT2D eigenvalue weighted by Crippen LogP contribution is 2.13. The minimum Gasteiger partial charge on any atom is -0.487 e. The fraction of sp³-hybridized carbons (Fsp3) is 0.294. The molecule has 0 radical (unpaired) electrons. The van der Waals surface area contributed by atoms with Gasteiger partial charge in [0.2, 0.25) is 5.91 Å². The van der Waals surface area contributed by atoms with Crippen molar-refractivity contribution < 1.29 is 14.3 Å². The molecule has 5 heteroatoms. The van der Waals surface area contributed by atoms with Gasteiger partial charge in [0.25, 0.3) is 0 Å². The van der Waals surface area contributed by atoms with Crippen LogP contribution in [0.1, 0.15) is 18.2 Å². The first-order chi connectivity index (χ1) is 10.8. The first kappa shape index (κ1) is 16.0. The Morgan fingerprint density at radius 3 is 2.68 bits per heavy atom. The van der Waals surface area contributed by atoms with E-state index in [0.717, 1.165) is 17.0 Å². The van der Waals surface area contributed by atoms with E-state index in [1.165, 1.54) is 0 Å². The van der Waals surface area contributed by atoms with E-state index in [-0.39, 0.29) is 12.5 Å². The van der Waals surface area contributed by atoms with Crippen LogP contribution < -0.4 is 10.1 Å². The van der Waals surface area contributed by atoms with Gasteiger partial charge in [-0.05, 0) is 36.8 Å². The number of aromatic nitrogens is 1. The highest BCUT2D eigenvalue weighted by molar-refractivity contribution is 5.77. The van der Waals surface area contributed by atoms with Crippen LogP contribution in [-0.2, 0) is 22.7 Å². The topological polar surface area (TPSA) is 60.5 Å². The van der Waals surface area contributed by atoms with Gasteiger partial charge in [-0.3, -0.25) is 9.78 Å². The molecule has 1 aromatic heterocycles. The molecule has 1 heterocycles. The average molecular weight is 300 g/mol. The summed E-state index contributed by atoms with van der Waals surface area (Å²) >= 11 is 0. The Balaban J connectivity index is 1.76. The first-order valence-electron chi connectivity index (χ1n) is 7.24. The van der Waals surface area contributed by atoms with Crippen molar-refractivity contribution in [2.24, 2.45) is 0 Å². The molecule has 1 aromatic carbocycles. The van der Waals surface area contributed by atoms with Gasteiger partial charge >= 0.3 is 0 Å². The summed E-state index contributed by atoms with van der Waals surface area (Å²) < 4.78 is 10.7. The molecular weight excluding hydrogens is 280 g/mol. The molecule has 1 amide bonds. The Kier molecular flexibility index (Phi) is 6.39. The standard InChI is InChI=1S/C17H20N2O3/c1-2-21-13-17(20)19-11-14-6-8-16(9-7-14)22-12-15-5-3-4-10-18-15/h3-10H,2,11-13H2,1H3,(H,19,20). The van der Waals surface area contributed by atoms with Crippen LogP contribution in [0.25, 0.3) is 0 Å². The number of hydrogen-bond acceptors (Lipinski definition) is 4. The number of amides is 1. The molecule has 2 aromatic rings. The SMILES string of the molecule is CCOCC(=O)NCc1ccc(OCc2ccccn2)cc1. The predicted molar refractivity (Wildman–Crippen MR) is 83.4 cm³/mol. The molecule has 0 fully saturated rings. The molecule has 0 saturated carbocycles. The number of ether oxygens (including phenoxy) is 2. The van der Waals surface area contributed by atoms with Crippen molar-refractivity contribution in [3.63, 3.8) is 0 Å². The van der Waals surface area contributed by atoms with Gasteiger partial charge in [0.1, 0.15) is 19.0 Å². The number of hydrogen-bond donors (Lipinski definition) is 1. The maximum absolute atomic E-state index is 11.4. The fourth-order valence-corrected chi connectivity index (χ4v) is 1.79. The van der Waals surface area contributed by atoms with Gasteiger partial charge < -0.3 is 14.8 Å². The second-order valence-corrected chi connectivity index (χ2v) is 4.67. The Labute approximate surface area is 130 Å². The maximum Gasteiger partial charge on any atom is 0.246 e. The summed E-state index contributed by atoms with van der Waals surface area (Å²) in [5.74, 6) is 0.660. The van der Waals surface area contributed by atoms with Crippen molar-refractivity contribution in [1.29, 1.82) is 0 Å². The van der Waals surface area contributed by atoms with Crippen molar-refractivity contribution in [2.75, 3.05) is 13.2 Å². The zero-order valence-electron chi connectivity index (χ0n) is 12.6. The van der Waals surface area contributed by atoms with E-state index in [9.17, 15) is 4.79 Å². The molecule has 116 valence electrons. The Morgan fingerprint density at radius 1 is 1.18 bits per heavy atom. The molecule has 2 rings (SSSR count). The first-order valence-corrected chi connectivity index (χ1v) is 7.24. The number of nitrogens with zero attached hydrogens (tertiary/aromatic N) is 1. The molecule has 0 saturated heterocycles. The smallest absolute Gasteiger partial charge is 0.246 e. The summed E-state index contributed by atoms with van der Waals surface area (Å²) in [5, 5.41) is 2.80. The zero-order valence-corrected chi connectivity index (χ0v) is 12.6. The van der Waals surface area contributed by atoms with Gasteiger partial charge in [0.15, 0.2) is 0 Å². The molecule has 5 nitrogen and oxygen atoms in total. The van der Waals surface area contributed by atoms with E-state index >= 15 is 0 Å². The second kappa shape index (κ2) is 8.79. The number of carbonyl (C=O) groups excluding carboxylic acids is 1. The van der Waals surface area contributed by atoms with Crippen molar-refractivity contribution in [2.45, 2.75) is 20.1 Å². The monoisotopic (exact) mass is 300 g/mol. The quantitative estimate of drug-likeness (QED) is 0.812. The summed E-state index contributed by atoms with van der Waals surface area (Å²) in [6, 6.07) is 13.3. The third kappa shape index (κ3) is 5.54. The van der Waals surface area contributed by atoms with E-state index in [4.69, 9.17) is 9.47 Å². The number of nitrogens with one attached hydrogen (secondary N) is 1. The lowest BCUT2D eigenvalue weighted by Gasteiger charge is -2.08. The van der Waals surface area contributed by atoms with Crippen molar-refractivity contribution in [3.8, 4) is 5.75 Å². The van der Waals surface area contributed by atoms with Crippen LogP contribution in [-0.4, -0.2) is 24.1 Å². The minimum absolute atomic E-state index is 0.0990. The number of rotatable bonds is 8. The van der Waals surface area contributed by atoms with Gasteiger partial charge in [0.05, 0.1) is 5.69 Å². The molecule has 0 atom stereocenters. The van der Waals surface area contributed by atoms with Crippen molar-refractivity contribution in [3.05, 3.63) is 59.9 Å². The number of pyridine rings is 1. The van der Waals surface area contributed by atoms with Crippen LogP contribution in [0.4, 0.5) is 0 Å². The predicted octanol–water partition coefficient (Wildman–Crippen LogP) is 2.31. The fourth-order valence-electron chi connectivity index (χ4n) is 1.79. The van der Waals surface area contributed by atoms with E-state index in [1.807, 2.05) is 49.4 Å². The van der Waals surface area contributed by atoms with E-state index in [1.54, 1.807) is 6.20 Å². The molecule has 0 bridgehead atoms. The Hall–Kier alpha value is -2.40. The highest BCUT2D eigenvalue weighted by Gasteiger charge is 2.01. The van der Waals surface area contributed by atoms with Crippen molar-refractivity contribution >= 4 is 5.91 Å². The van der Waals surface area contributed by atoms with Gasteiger partial charge in [-0.15, -0.1) is 0 Å². The molecule has 0 aliphatic carbocycles. The highest BCUT2D eigenvalue weighted by atomic mass is 16.5. The molecule has 0 aliphatic heterocycles. The molecular formula is C17H20N2O3. The largest absolute Gasteiger partial charge is 0.487 e. The minimum atomic E-state index is -0.114. The second-order valence-electron chi connectivity index (χ2n) is 4.67.